The second kappa shape index (κ2) is 7.94. The lowest BCUT2D eigenvalue weighted by Gasteiger charge is -2.32. The number of anilines is 2. The molecule has 3 aromatic rings. The first-order chi connectivity index (χ1) is 15.7. The Morgan fingerprint density at radius 1 is 1.30 bits per heavy atom. The molecule has 0 saturated carbocycles. The molecular formula is C21H20F3N5O3S. The van der Waals surface area contributed by atoms with Gasteiger partial charge >= 0.3 is 6.18 Å². The third kappa shape index (κ3) is 3.88. The molecule has 0 aromatic carbocycles. The lowest BCUT2D eigenvalue weighted by Crippen LogP contribution is -2.35. The second-order valence-corrected chi connectivity index (χ2v) is 9.20. The number of fused-ring (bicyclic) bond motifs is 2. The zero-order chi connectivity index (χ0) is 23.3. The van der Waals surface area contributed by atoms with E-state index in [1.54, 1.807) is 12.1 Å². The van der Waals surface area contributed by atoms with E-state index >= 15 is 0 Å². The van der Waals surface area contributed by atoms with Crippen molar-refractivity contribution in [3.63, 3.8) is 0 Å². The minimum absolute atomic E-state index is 0.0516. The number of nitrogens with one attached hydrogen (secondary N) is 2. The molecule has 2 amide bonds. The molecule has 1 aliphatic carbocycles. The van der Waals surface area contributed by atoms with Crippen LogP contribution in [0.1, 0.15) is 68.4 Å². The third-order valence-electron chi connectivity index (χ3n) is 5.95. The Balaban J connectivity index is 1.46. The summed E-state index contributed by atoms with van der Waals surface area (Å²) in [5.41, 5.74) is 6.48. The fourth-order valence-electron chi connectivity index (χ4n) is 4.44. The number of hydrogen-bond donors (Lipinski definition) is 3. The van der Waals surface area contributed by atoms with Gasteiger partial charge in [0.05, 0.1) is 17.9 Å². The third-order valence-corrected chi connectivity index (χ3v) is 7.16. The molecule has 0 bridgehead atoms. The van der Waals surface area contributed by atoms with Gasteiger partial charge in [-0.3, -0.25) is 9.59 Å². The summed E-state index contributed by atoms with van der Waals surface area (Å²) in [6.45, 7) is 0. The number of hydrogen-bond acceptors (Lipinski definition) is 6. The standard InChI is InChI=1S/C21H20F3N5O3S/c22-21(23,24)15-8-11(13-5-3-7-32-13)26-16-9-12(28-29(15)16)19(31)27-20-17(18(25)30)10-4-1-2-6-14(10)33-20/h3,5,7,9,11,15,26H,1-2,4,6,8H2,(H2,25,30)(H,27,31)/t11-,15+/m0/s1. The summed E-state index contributed by atoms with van der Waals surface area (Å²) in [5.74, 6) is -0.946. The summed E-state index contributed by atoms with van der Waals surface area (Å²) in [4.78, 5) is 26.0. The number of thiophene rings is 1. The number of halogens is 3. The molecule has 2 aliphatic rings. The van der Waals surface area contributed by atoms with Gasteiger partial charge in [-0.05, 0) is 43.4 Å². The molecule has 33 heavy (non-hydrogen) atoms. The van der Waals surface area contributed by atoms with Crippen LogP contribution >= 0.6 is 11.3 Å². The summed E-state index contributed by atoms with van der Waals surface area (Å²) in [5, 5.41) is 9.86. The maximum Gasteiger partial charge on any atom is 0.410 e. The SMILES string of the molecule is NC(=O)c1c(NC(=O)c2cc3n(n2)[C@@H](C(F)(F)F)C[C@@H](c2ccco2)N3)sc2c1CCCC2. The molecule has 0 saturated heterocycles. The average molecular weight is 479 g/mol. The molecule has 0 fully saturated rings. The van der Waals surface area contributed by atoms with Gasteiger partial charge in [-0.25, -0.2) is 4.68 Å². The molecule has 0 unspecified atom stereocenters. The number of carbonyl (C=O) groups excluding carboxylic acids is 2. The molecule has 8 nitrogen and oxygen atoms in total. The van der Waals surface area contributed by atoms with E-state index in [9.17, 15) is 22.8 Å². The van der Waals surface area contributed by atoms with E-state index in [-0.39, 0.29) is 23.5 Å². The lowest BCUT2D eigenvalue weighted by molar-refractivity contribution is -0.174. The monoisotopic (exact) mass is 479 g/mol. The summed E-state index contributed by atoms with van der Waals surface area (Å²) in [7, 11) is 0. The van der Waals surface area contributed by atoms with Crippen LogP contribution in [-0.4, -0.2) is 27.8 Å². The van der Waals surface area contributed by atoms with Crippen molar-refractivity contribution in [2.45, 2.75) is 50.4 Å². The smallest absolute Gasteiger partial charge is 0.410 e. The summed E-state index contributed by atoms with van der Waals surface area (Å²) >= 11 is 1.28. The highest BCUT2D eigenvalue weighted by molar-refractivity contribution is 7.17. The Kier molecular flexibility index (Phi) is 5.19. The van der Waals surface area contributed by atoms with Gasteiger partial charge in [0.25, 0.3) is 11.8 Å². The minimum atomic E-state index is -4.58. The number of rotatable bonds is 4. The molecule has 12 heteroatoms. The molecule has 4 N–H and O–H groups in total. The van der Waals surface area contributed by atoms with Crippen molar-refractivity contribution < 1.29 is 27.2 Å². The molecular weight excluding hydrogens is 459 g/mol. The van der Waals surface area contributed by atoms with E-state index in [1.165, 1.54) is 23.7 Å². The topological polar surface area (TPSA) is 115 Å². The van der Waals surface area contributed by atoms with Crippen molar-refractivity contribution in [2.24, 2.45) is 5.73 Å². The highest BCUT2D eigenvalue weighted by Crippen LogP contribution is 2.44. The maximum absolute atomic E-state index is 13.8. The van der Waals surface area contributed by atoms with Crippen LogP contribution in [0.3, 0.4) is 0 Å². The molecule has 2 atom stereocenters. The number of nitrogens with zero attached hydrogens (tertiary/aromatic N) is 2. The van der Waals surface area contributed by atoms with Crippen LogP contribution in [-0.2, 0) is 12.8 Å². The summed E-state index contributed by atoms with van der Waals surface area (Å²) in [6, 6.07) is 1.80. The van der Waals surface area contributed by atoms with Gasteiger partial charge in [0, 0.05) is 17.4 Å². The summed E-state index contributed by atoms with van der Waals surface area (Å²) < 4.78 is 47.4. The van der Waals surface area contributed by atoms with Crippen LogP contribution in [0, 0.1) is 0 Å². The highest BCUT2D eigenvalue weighted by Gasteiger charge is 2.47. The van der Waals surface area contributed by atoms with E-state index < -0.39 is 30.1 Å². The van der Waals surface area contributed by atoms with Crippen LogP contribution in [0.5, 0.6) is 0 Å². The molecule has 1 aliphatic heterocycles. The van der Waals surface area contributed by atoms with E-state index in [0.717, 1.165) is 34.4 Å². The van der Waals surface area contributed by atoms with Gasteiger partial charge in [-0.2, -0.15) is 18.3 Å². The molecule has 5 rings (SSSR count). The normalized spacial score (nSPS) is 20.0. The van der Waals surface area contributed by atoms with Gasteiger partial charge in [0.1, 0.15) is 16.6 Å². The van der Waals surface area contributed by atoms with Crippen LogP contribution < -0.4 is 16.4 Å². The molecule has 0 radical (unpaired) electrons. The van der Waals surface area contributed by atoms with Crippen LogP contribution in [0.25, 0.3) is 0 Å². The van der Waals surface area contributed by atoms with Gasteiger partial charge in [0.15, 0.2) is 11.7 Å². The van der Waals surface area contributed by atoms with Crippen LogP contribution in [0.2, 0.25) is 0 Å². The first-order valence-corrected chi connectivity index (χ1v) is 11.3. The Bertz CT molecular complexity index is 1210. The Hall–Kier alpha value is -3.28. The average Bonchev–Trinajstić information content (AvgIpc) is 3.49. The predicted molar refractivity (Wildman–Crippen MR) is 114 cm³/mol. The number of amides is 2. The molecule has 0 spiro atoms. The minimum Gasteiger partial charge on any atom is -0.467 e. The fraction of sp³-hybridized carbons (Fsp3) is 0.381. The van der Waals surface area contributed by atoms with Crippen molar-refractivity contribution in [1.29, 1.82) is 0 Å². The fourth-order valence-corrected chi connectivity index (χ4v) is 5.73. The Morgan fingerprint density at radius 2 is 2.09 bits per heavy atom. The van der Waals surface area contributed by atoms with Gasteiger partial charge in [-0.15, -0.1) is 11.3 Å². The van der Waals surface area contributed by atoms with E-state index in [1.807, 2.05) is 0 Å². The van der Waals surface area contributed by atoms with Crippen molar-refractivity contribution in [3.05, 3.63) is 51.9 Å². The first kappa shape index (κ1) is 21.6. The maximum atomic E-state index is 13.8. The van der Waals surface area contributed by atoms with Crippen molar-refractivity contribution in [2.75, 3.05) is 10.6 Å². The molecule has 174 valence electrons. The van der Waals surface area contributed by atoms with Crippen molar-refractivity contribution >= 4 is 34.0 Å². The second-order valence-electron chi connectivity index (χ2n) is 8.10. The van der Waals surface area contributed by atoms with Crippen LogP contribution in [0.15, 0.2) is 28.9 Å². The first-order valence-electron chi connectivity index (χ1n) is 10.4. The number of furan rings is 1. The quantitative estimate of drug-likeness (QED) is 0.512. The predicted octanol–water partition coefficient (Wildman–Crippen LogP) is 4.43. The Labute approximate surface area is 189 Å². The Morgan fingerprint density at radius 3 is 2.79 bits per heavy atom. The number of primary amides is 1. The highest BCUT2D eigenvalue weighted by atomic mass is 32.1. The number of aryl methyl sites for hydroxylation is 1. The largest absolute Gasteiger partial charge is 0.467 e. The zero-order valence-corrected chi connectivity index (χ0v) is 18.1. The van der Waals surface area contributed by atoms with Crippen molar-refractivity contribution in [1.82, 2.24) is 9.78 Å². The number of nitrogens with two attached hydrogens (primary N) is 1. The number of aromatic nitrogens is 2. The van der Waals surface area contributed by atoms with Gasteiger partial charge < -0.3 is 20.8 Å². The number of alkyl halides is 3. The molecule has 4 heterocycles. The van der Waals surface area contributed by atoms with E-state index in [2.05, 4.69) is 15.7 Å². The zero-order valence-electron chi connectivity index (χ0n) is 17.2. The van der Waals surface area contributed by atoms with Crippen LogP contribution in [0.4, 0.5) is 24.0 Å². The van der Waals surface area contributed by atoms with Gasteiger partial charge in [-0.1, -0.05) is 0 Å². The van der Waals surface area contributed by atoms with Gasteiger partial charge in [0.2, 0.25) is 0 Å². The van der Waals surface area contributed by atoms with E-state index in [0.29, 0.717) is 17.2 Å². The summed E-state index contributed by atoms with van der Waals surface area (Å²) in [6.07, 6.45) is -0.129. The lowest BCUT2D eigenvalue weighted by atomic mass is 9.95. The number of carbonyl (C=O) groups is 2. The molecule has 3 aromatic heterocycles. The van der Waals surface area contributed by atoms with Crippen molar-refractivity contribution in [3.8, 4) is 0 Å². The van der Waals surface area contributed by atoms with E-state index in [4.69, 9.17) is 10.2 Å².